The van der Waals surface area contributed by atoms with Gasteiger partial charge in [0.25, 0.3) is 0 Å². The molecule has 0 radical (unpaired) electrons. The number of guanidine groups is 1. The molecule has 3 rings (SSSR count). The molecule has 0 spiro atoms. The Hall–Kier alpha value is -1.63. The quantitative estimate of drug-likeness (QED) is 0.159. The van der Waals surface area contributed by atoms with Crippen LogP contribution in [0.3, 0.4) is 0 Å². The van der Waals surface area contributed by atoms with Crippen molar-refractivity contribution >= 4 is 40.0 Å². The monoisotopic (exact) mass is 562 g/mol. The molecule has 1 aliphatic rings. The summed E-state index contributed by atoms with van der Waals surface area (Å²) in [6.45, 7) is 3.46. The third-order valence-corrected chi connectivity index (χ3v) is 5.65. The van der Waals surface area contributed by atoms with Crippen molar-refractivity contribution in [3.8, 4) is 0 Å². The lowest BCUT2D eigenvalue weighted by Gasteiger charge is -2.12. The molecule has 4 N–H and O–H groups in total. The number of ether oxygens (including phenoxy) is 1. The smallest absolute Gasteiger partial charge is 0.238 e. The first-order valence-electron chi connectivity index (χ1n) is 10.2. The van der Waals surface area contributed by atoms with E-state index in [0.29, 0.717) is 19.0 Å². The van der Waals surface area contributed by atoms with Crippen molar-refractivity contribution in [2.75, 3.05) is 26.3 Å². The molecule has 1 aromatic heterocycles. The minimum Gasteiger partial charge on any atom is -0.469 e. The molecule has 0 amide bonds. The highest BCUT2D eigenvalue weighted by Crippen LogP contribution is 2.28. The van der Waals surface area contributed by atoms with Crippen LogP contribution >= 0.6 is 24.0 Å². The van der Waals surface area contributed by atoms with Crippen LogP contribution in [0, 0.1) is 5.92 Å². The molecule has 1 aromatic carbocycles. The Bertz CT molecular complexity index is 898. The number of nitrogens with one attached hydrogen (secondary N) is 2. The molecule has 0 aliphatic heterocycles. The number of hydrogen-bond acceptors (Lipinski definition) is 5. The van der Waals surface area contributed by atoms with Gasteiger partial charge in [-0.3, -0.25) is 0 Å². The molecule has 10 heteroatoms. The second-order valence-electron chi connectivity index (χ2n) is 7.41. The molecule has 172 valence electrons. The number of sulfonamides is 1. The van der Waals surface area contributed by atoms with Gasteiger partial charge >= 0.3 is 0 Å². The highest BCUT2D eigenvalue weighted by atomic mass is 127. The third kappa shape index (κ3) is 10.0. The number of benzene rings is 1. The molecule has 0 saturated heterocycles. The number of aliphatic imine (C=N–C) groups is 1. The number of primary sulfonamides is 1. The summed E-state index contributed by atoms with van der Waals surface area (Å²) < 4.78 is 33.8. The number of furan rings is 1. The molecular weight excluding hydrogens is 531 g/mol. The van der Waals surface area contributed by atoms with E-state index in [1.807, 2.05) is 12.1 Å². The largest absolute Gasteiger partial charge is 0.469 e. The van der Waals surface area contributed by atoms with E-state index in [-0.39, 0.29) is 28.9 Å². The molecule has 2 aromatic rings. The van der Waals surface area contributed by atoms with Gasteiger partial charge in [0, 0.05) is 32.7 Å². The van der Waals surface area contributed by atoms with Crippen molar-refractivity contribution in [2.45, 2.75) is 37.1 Å². The molecule has 1 heterocycles. The first kappa shape index (κ1) is 25.6. The molecular formula is C21H31IN4O4S. The lowest BCUT2D eigenvalue weighted by atomic mass is 10.2. The number of halogens is 1. The average molecular weight is 562 g/mol. The van der Waals surface area contributed by atoms with E-state index in [4.69, 9.17) is 14.3 Å². The molecule has 8 nitrogen and oxygen atoms in total. The Morgan fingerprint density at radius 1 is 1.16 bits per heavy atom. The van der Waals surface area contributed by atoms with Crippen molar-refractivity contribution in [2.24, 2.45) is 16.0 Å². The molecule has 1 fully saturated rings. The molecule has 31 heavy (non-hydrogen) atoms. The van der Waals surface area contributed by atoms with Gasteiger partial charge in [-0.25, -0.2) is 18.5 Å². The fourth-order valence-corrected chi connectivity index (χ4v) is 3.32. The first-order chi connectivity index (χ1) is 14.5. The maximum absolute atomic E-state index is 11.4. The Labute approximate surface area is 201 Å². The summed E-state index contributed by atoms with van der Waals surface area (Å²) in [4.78, 5) is 4.70. The number of rotatable bonds is 12. The van der Waals surface area contributed by atoms with Crippen molar-refractivity contribution in [1.82, 2.24) is 10.6 Å². The Kier molecular flexibility index (Phi) is 10.8. The summed E-state index contributed by atoms with van der Waals surface area (Å²) in [6.07, 6.45) is 5.91. The SMILES string of the molecule is I.NS(=O)(=O)c1ccc(CN=C(NCCCOCC2CC2)NCCc2ccco2)cc1. The second-order valence-corrected chi connectivity index (χ2v) is 8.97. The summed E-state index contributed by atoms with van der Waals surface area (Å²) in [5, 5.41) is 11.8. The highest BCUT2D eigenvalue weighted by molar-refractivity contribution is 14.0. The minimum atomic E-state index is -3.69. The van der Waals surface area contributed by atoms with E-state index in [1.165, 1.54) is 25.0 Å². The fourth-order valence-electron chi connectivity index (χ4n) is 2.80. The first-order valence-corrected chi connectivity index (χ1v) is 11.8. The summed E-state index contributed by atoms with van der Waals surface area (Å²) in [5.41, 5.74) is 0.891. The van der Waals surface area contributed by atoms with Crippen LogP contribution in [0.4, 0.5) is 0 Å². The van der Waals surface area contributed by atoms with Gasteiger partial charge in [-0.15, -0.1) is 24.0 Å². The molecule has 0 atom stereocenters. The van der Waals surface area contributed by atoms with Crippen molar-refractivity contribution in [3.05, 3.63) is 54.0 Å². The zero-order valence-electron chi connectivity index (χ0n) is 17.5. The van der Waals surface area contributed by atoms with E-state index in [2.05, 4.69) is 15.6 Å². The van der Waals surface area contributed by atoms with Gasteiger partial charge in [0.2, 0.25) is 10.0 Å². The van der Waals surface area contributed by atoms with Crippen molar-refractivity contribution < 1.29 is 17.6 Å². The van der Waals surface area contributed by atoms with Crippen LogP contribution < -0.4 is 15.8 Å². The summed E-state index contributed by atoms with van der Waals surface area (Å²) >= 11 is 0. The van der Waals surface area contributed by atoms with Gasteiger partial charge in [-0.2, -0.15) is 0 Å². The minimum absolute atomic E-state index is 0. The van der Waals surface area contributed by atoms with E-state index in [0.717, 1.165) is 49.8 Å². The maximum atomic E-state index is 11.4. The summed E-state index contributed by atoms with van der Waals surface area (Å²) in [6, 6.07) is 10.2. The maximum Gasteiger partial charge on any atom is 0.238 e. The lowest BCUT2D eigenvalue weighted by molar-refractivity contribution is 0.123. The van der Waals surface area contributed by atoms with Gasteiger partial charge in [-0.1, -0.05) is 12.1 Å². The Balaban J connectivity index is 0.00000341. The van der Waals surface area contributed by atoms with Crippen LogP contribution in [0.2, 0.25) is 0 Å². The van der Waals surface area contributed by atoms with Gasteiger partial charge in [0.1, 0.15) is 5.76 Å². The number of nitrogens with zero attached hydrogens (tertiary/aromatic N) is 1. The number of hydrogen-bond donors (Lipinski definition) is 3. The summed E-state index contributed by atoms with van der Waals surface area (Å²) in [5.74, 6) is 2.38. The Morgan fingerprint density at radius 3 is 2.55 bits per heavy atom. The van der Waals surface area contributed by atoms with Gasteiger partial charge in [0.15, 0.2) is 5.96 Å². The van der Waals surface area contributed by atoms with Crippen LogP contribution in [0.5, 0.6) is 0 Å². The van der Waals surface area contributed by atoms with E-state index >= 15 is 0 Å². The van der Waals surface area contributed by atoms with Gasteiger partial charge in [-0.05, 0) is 55.0 Å². The topological polar surface area (TPSA) is 119 Å². The van der Waals surface area contributed by atoms with Gasteiger partial charge < -0.3 is 19.8 Å². The molecule has 0 unspecified atom stereocenters. The van der Waals surface area contributed by atoms with Crippen LogP contribution in [-0.4, -0.2) is 40.7 Å². The van der Waals surface area contributed by atoms with Gasteiger partial charge in [0.05, 0.1) is 17.7 Å². The van der Waals surface area contributed by atoms with Crippen LogP contribution in [-0.2, 0) is 27.7 Å². The summed E-state index contributed by atoms with van der Waals surface area (Å²) in [7, 11) is -3.69. The third-order valence-electron chi connectivity index (χ3n) is 4.72. The van der Waals surface area contributed by atoms with Crippen LogP contribution in [0.1, 0.15) is 30.6 Å². The zero-order chi connectivity index (χ0) is 21.2. The van der Waals surface area contributed by atoms with E-state index in [1.54, 1.807) is 18.4 Å². The lowest BCUT2D eigenvalue weighted by Crippen LogP contribution is -2.39. The standard InChI is InChI=1S/C21H30N4O4S.HI/c22-30(26,27)20-8-6-17(7-9-20)15-25-21(24-12-10-19-3-1-14-29-19)23-11-2-13-28-16-18-4-5-18;/h1,3,6-9,14,18H,2,4-5,10-13,15-16H2,(H2,22,26,27)(H2,23,24,25);1H. The number of nitrogens with two attached hydrogens (primary N) is 1. The highest BCUT2D eigenvalue weighted by Gasteiger charge is 2.20. The molecule has 0 bridgehead atoms. The predicted octanol–water partition coefficient (Wildman–Crippen LogP) is 2.64. The predicted molar refractivity (Wildman–Crippen MR) is 131 cm³/mol. The zero-order valence-corrected chi connectivity index (χ0v) is 20.6. The van der Waals surface area contributed by atoms with Crippen molar-refractivity contribution in [1.29, 1.82) is 0 Å². The van der Waals surface area contributed by atoms with Crippen molar-refractivity contribution in [3.63, 3.8) is 0 Å². The van der Waals surface area contributed by atoms with E-state index < -0.39 is 10.0 Å². The van der Waals surface area contributed by atoms with Crippen LogP contribution in [0.15, 0.2) is 57.0 Å². The Morgan fingerprint density at radius 2 is 1.90 bits per heavy atom. The second kappa shape index (κ2) is 13.0. The normalized spacial score (nSPS) is 14.2. The molecule has 1 aliphatic carbocycles. The average Bonchev–Trinajstić information content (AvgIpc) is 3.40. The fraction of sp³-hybridized carbons (Fsp3) is 0.476. The molecule has 1 saturated carbocycles. The van der Waals surface area contributed by atoms with E-state index in [9.17, 15) is 8.42 Å². The van der Waals surface area contributed by atoms with Crippen LogP contribution in [0.25, 0.3) is 0 Å².